The third-order valence-corrected chi connectivity index (χ3v) is 4.10. The van der Waals surface area contributed by atoms with E-state index in [1.807, 2.05) is 0 Å². The van der Waals surface area contributed by atoms with Crippen molar-refractivity contribution >= 4 is 41.2 Å². The molecule has 0 aliphatic carbocycles. The number of guanidine groups is 1. The molecule has 0 spiro atoms. The van der Waals surface area contributed by atoms with Crippen molar-refractivity contribution < 1.29 is 33.4 Å². The third kappa shape index (κ3) is 7.65. The van der Waals surface area contributed by atoms with Crippen molar-refractivity contribution in [2.75, 3.05) is 19.5 Å². The van der Waals surface area contributed by atoms with Crippen LogP contribution in [0.1, 0.15) is 30.6 Å². The number of anilines is 1. The Morgan fingerprint density at radius 2 is 1.45 bits per heavy atom. The number of Topliss-reactive ketones (excluding diaryl/α,β-unsaturated/α-hetero) is 1. The molecule has 0 atom stereocenters. The lowest BCUT2D eigenvalue weighted by Crippen LogP contribution is -2.43. The van der Waals surface area contributed by atoms with Crippen molar-refractivity contribution in [3.05, 3.63) is 48.0 Å². The van der Waals surface area contributed by atoms with E-state index in [4.69, 9.17) is 4.74 Å². The zero-order valence-electron chi connectivity index (χ0n) is 18.6. The highest BCUT2D eigenvalue weighted by Gasteiger charge is 2.14. The van der Waals surface area contributed by atoms with Crippen molar-refractivity contribution in [3.8, 4) is 11.5 Å². The fourth-order valence-corrected chi connectivity index (χ4v) is 2.41. The van der Waals surface area contributed by atoms with Gasteiger partial charge in [0.1, 0.15) is 11.5 Å². The molecule has 0 heterocycles. The van der Waals surface area contributed by atoms with Gasteiger partial charge in [0.25, 0.3) is 0 Å². The van der Waals surface area contributed by atoms with Gasteiger partial charge >= 0.3 is 12.2 Å². The summed E-state index contributed by atoms with van der Waals surface area (Å²) in [6, 6.07) is 11.2. The second-order valence-electron chi connectivity index (χ2n) is 6.46. The maximum absolute atomic E-state index is 12.0. The molecule has 0 aromatic heterocycles. The minimum absolute atomic E-state index is 0.0646. The lowest BCUT2D eigenvalue weighted by Gasteiger charge is -2.13. The standard InChI is InChI=1S/C22H24N4O7/c1-5-19(28)23-18-12-16(33-15-8-6-14(7-9-15)13(2)27)10-11-17(18)24-20(25-21(29)31-3)26-22(30)32-4/h6-12H,5H2,1-4H3,(H,23,28)(H2,24,25,26,29,30). The molecule has 0 unspecified atom stereocenters. The van der Waals surface area contributed by atoms with Crippen LogP contribution in [-0.2, 0) is 14.3 Å². The first kappa shape index (κ1) is 24.9. The zero-order valence-corrected chi connectivity index (χ0v) is 18.6. The van der Waals surface area contributed by atoms with E-state index in [0.29, 0.717) is 17.1 Å². The molecule has 3 N–H and O–H groups in total. The highest BCUT2D eigenvalue weighted by atomic mass is 16.5. The van der Waals surface area contributed by atoms with Crippen molar-refractivity contribution in [1.29, 1.82) is 0 Å². The topological polar surface area (TPSA) is 144 Å². The van der Waals surface area contributed by atoms with E-state index in [9.17, 15) is 19.2 Å². The summed E-state index contributed by atoms with van der Waals surface area (Å²) in [5.41, 5.74) is 1.01. The van der Waals surface area contributed by atoms with Crippen molar-refractivity contribution in [1.82, 2.24) is 10.6 Å². The van der Waals surface area contributed by atoms with Crippen LogP contribution in [0.2, 0.25) is 0 Å². The summed E-state index contributed by atoms with van der Waals surface area (Å²) in [6.07, 6.45) is -1.55. The van der Waals surface area contributed by atoms with Crippen LogP contribution in [0.5, 0.6) is 11.5 Å². The number of hydrogen-bond acceptors (Lipinski definition) is 8. The molecule has 11 heteroatoms. The van der Waals surface area contributed by atoms with Crippen LogP contribution in [-0.4, -0.2) is 44.1 Å². The number of nitrogens with one attached hydrogen (secondary N) is 3. The van der Waals surface area contributed by atoms with Crippen LogP contribution in [0.15, 0.2) is 47.5 Å². The van der Waals surface area contributed by atoms with Crippen LogP contribution in [0, 0.1) is 0 Å². The van der Waals surface area contributed by atoms with Crippen LogP contribution in [0.25, 0.3) is 0 Å². The van der Waals surface area contributed by atoms with Gasteiger partial charge in [-0.3, -0.25) is 20.2 Å². The Morgan fingerprint density at radius 1 is 0.879 bits per heavy atom. The summed E-state index contributed by atoms with van der Waals surface area (Å²) in [4.78, 5) is 50.8. The van der Waals surface area contributed by atoms with E-state index in [2.05, 4.69) is 30.4 Å². The van der Waals surface area contributed by atoms with Gasteiger partial charge in [-0.25, -0.2) is 14.6 Å². The average Bonchev–Trinajstić information content (AvgIpc) is 2.80. The van der Waals surface area contributed by atoms with Gasteiger partial charge in [0.05, 0.1) is 25.6 Å². The van der Waals surface area contributed by atoms with Gasteiger partial charge in [0, 0.05) is 18.1 Å². The fourth-order valence-electron chi connectivity index (χ4n) is 2.41. The summed E-state index contributed by atoms with van der Waals surface area (Å²) < 4.78 is 14.8. The number of nitrogens with zero attached hydrogens (tertiary/aromatic N) is 1. The van der Waals surface area contributed by atoms with Gasteiger partial charge in [0.2, 0.25) is 11.9 Å². The van der Waals surface area contributed by atoms with E-state index in [1.165, 1.54) is 19.1 Å². The number of carbonyl (C=O) groups excluding carboxylic acids is 4. The quantitative estimate of drug-likeness (QED) is 0.341. The predicted octanol–water partition coefficient (Wildman–Crippen LogP) is 3.73. The number of hydrogen-bond donors (Lipinski definition) is 3. The van der Waals surface area contributed by atoms with Crippen LogP contribution >= 0.6 is 0 Å². The summed E-state index contributed by atoms with van der Waals surface area (Å²) in [6.45, 7) is 3.15. The first-order chi connectivity index (χ1) is 15.7. The van der Waals surface area contributed by atoms with Gasteiger partial charge < -0.3 is 19.5 Å². The molecular weight excluding hydrogens is 432 g/mol. The highest BCUT2D eigenvalue weighted by molar-refractivity contribution is 6.03. The monoisotopic (exact) mass is 456 g/mol. The Kier molecular flexibility index (Phi) is 8.92. The van der Waals surface area contributed by atoms with Gasteiger partial charge in [-0.1, -0.05) is 6.92 Å². The number of aliphatic imine (C=N–C) groups is 1. The minimum Gasteiger partial charge on any atom is -0.457 e. The second kappa shape index (κ2) is 11.8. The molecule has 0 radical (unpaired) electrons. The van der Waals surface area contributed by atoms with Gasteiger partial charge in [0.15, 0.2) is 5.78 Å². The molecule has 174 valence electrons. The average molecular weight is 456 g/mol. The first-order valence-corrected chi connectivity index (χ1v) is 9.77. The maximum Gasteiger partial charge on any atom is 0.413 e. The second-order valence-corrected chi connectivity index (χ2v) is 6.46. The minimum atomic E-state index is -0.877. The molecule has 33 heavy (non-hydrogen) atoms. The van der Waals surface area contributed by atoms with Gasteiger partial charge in [-0.05, 0) is 43.3 Å². The van der Waals surface area contributed by atoms with Gasteiger partial charge in [-0.15, -0.1) is 0 Å². The van der Waals surface area contributed by atoms with Crippen molar-refractivity contribution in [2.24, 2.45) is 4.99 Å². The SMILES string of the molecule is CCC(=O)Nc1cc(Oc2ccc(C(C)=O)cc2)ccc1N=C(NC(=O)OC)NC(=O)OC. The number of alkyl carbamates (subject to hydrolysis) is 2. The zero-order chi connectivity index (χ0) is 24.4. The molecule has 0 fully saturated rings. The number of amides is 3. The molecule has 0 saturated carbocycles. The van der Waals surface area contributed by atoms with E-state index < -0.39 is 12.2 Å². The summed E-state index contributed by atoms with van der Waals surface area (Å²) in [5.74, 6) is 0.209. The molecule has 3 amide bonds. The van der Waals surface area contributed by atoms with E-state index >= 15 is 0 Å². The highest BCUT2D eigenvalue weighted by Crippen LogP contribution is 2.32. The lowest BCUT2D eigenvalue weighted by molar-refractivity contribution is -0.115. The van der Waals surface area contributed by atoms with Crippen molar-refractivity contribution in [3.63, 3.8) is 0 Å². The number of ketones is 1. The van der Waals surface area contributed by atoms with Crippen LogP contribution < -0.4 is 20.7 Å². The Bertz CT molecular complexity index is 1040. The fraction of sp³-hybridized carbons (Fsp3) is 0.227. The Labute approximate surface area is 190 Å². The number of benzene rings is 2. The van der Waals surface area contributed by atoms with E-state index in [-0.39, 0.29) is 35.4 Å². The summed E-state index contributed by atoms with van der Waals surface area (Å²) in [7, 11) is 2.29. The molecule has 2 aromatic rings. The third-order valence-electron chi connectivity index (χ3n) is 4.10. The number of carbonyl (C=O) groups is 4. The molecule has 2 aromatic carbocycles. The summed E-state index contributed by atoms with van der Waals surface area (Å²) >= 11 is 0. The van der Waals surface area contributed by atoms with Crippen LogP contribution in [0.3, 0.4) is 0 Å². The van der Waals surface area contributed by atoms with Crippen molar-refractivity contribution in [2.45, 2.75) is 20.3 Å². The molecule has 11 nitrogen and oxygen atoms in total. The summed E-state index contributed by atoms with van der Waals surface area (Å²) in [5, 5.41) is 7.19. The molecule has 0 bridgehead atoms. The van der Waals surface area contributed by atoms with Gasteiger partial charge in [-0.2, -0.15) is 0 Å². The molecule has 0 aliphatic rings. The molecule has 2 rings (SSSR count). The lowest BCUT2D eigenvalue weighted by atomic mass is 10.1. The largest absolute Gasteiger partial charge is 0.457 e. The van der Waals surface area contributed by atoms with E-state index in [0.717, 1.165) is 14.2 Å². The molecular formula is C22H24N4O7. The molecule has 0 saturated heterocycles. The number of rotatable bonds is 6. The molecule has 0 aliphatic heterocycles. The predicted molar refractivity (Wildman–Crippen MR) is 120 cm³/mol. The van der Waals surface area contributed by atoms with Crippen LogP contribution in [0.4, 0.5) is 21.0 Å². The van der Waals surface area contributed by atoms with E-state index in [1.54, 1.807) is 37.3 Å². The smallest absolute Gasteiger partial charge is 0.413 e. The Morgan fingerprint density at radius 3 is 1.97 bits per heavy atom. The Balaban J connectivity index is 2.40. The maximum atomic E-state index is 12.0. The first-order valence-electron chi connectivity index (χ1n) is 9.77. The normalized spacial score (nSPS) is 9.82. The Hall–Kier alpha value is -4.41. The number of methoxy groups -OCH3 is 2. The number of ether oxygens (including phenoxy) is 3.